The number of pyridine rings is 1. The zero-order valence-electron chi connectivity index (χ0n) is 21.7. The van der Waals surface area contributed by atoms with E-state index < -0.39 is 35.3 Å². The van der Waals surface area contributed by atoms with Crippen LogP contribution in [0.1, 0.15) is 27.7 Å². The van der Waals surface area contributed by atoms with E-state index in [0.717, 1.165) is 12.1 Å². The molecule has 0 unspecified atom stereocenters. The van der Waals surface area contributed by atoms with Crippen LogP contribution in [0.4, 0.5) is 19.1 Å². The molecule has 3 heterocycles. The van der Waals surface area contributed by atoms with Gasteiger partial charge in [0.1, 0.15) is 29.6 Å². The predicted octanol–water partition coefficient (Wildman–Crippen LogP) is 3.95. The number of amides is 2. The third-order valence-electron chi connectivity index (χ3n) is 6.45. The van der Waals surface area contributed by atoms with Gasteiger partial charge in [-0.2, -0.15) is 4.98 Å². The van der Waals surface area contributed by atoms with Gasteiger partial charge in [-0.1, -0.05) is 12.1 Å². The molecule has 0 saturated heterocycles. The Morgan fingerprint density at radius 3 is 2.56 bits per heavy atom. The lowest BCUT2D eigenvalue weighted by molar-refractivity contribution is -0.122. The number of benzene rings is 2. The summed E-state index contributed by atoms with van der Waals surface area (Å²) < 4.78 is 44.1. The van der Waals surface area contributed by atoms with Crippen LogP contribution in [0.15, 0.2) is 73.2 Å². The molecule has 0 saturated carbocycles. The molecule has 3 aromatic heterocycles. The molecule has 208 valence electrons. The smallest absolute Gasteiger partial charge is 0.254 e. The van der Waals surface area contributed by atoms with Gasteiger partial charge in [0.05, 0.1) is 17.3 Å². The fourth-order valence-corrected chi connectivity index (χ4v) is 4.63. The molecule has 0 spiro atoms. The minimum Gasteiger partial charge on any atom is -0.368 e. The molecule has 0 aliphatic carbocycles. The van der Waals surface area contributed by atoms with Crippen LogP contribution >= 0.6 is 0 Å². The van der Waals surface area contributed by atoms with Crippen LogP contribution in [0.3, 0.4) is 0 Å². The number of fused-ring (bicyclic) bond motifs is 1. The van der Waals surface area contributed by atoms with Crippen molar-refractivity contribution in [2.75, 3.05) is 12.8 Å². The van der Waals surface area contributed by atoms with Crippen LogP contribution in [-0.2, 0) is 17.8 Å². The first-order valence-electron chi connectivity index (χ1n) is 12.5. The van der Waals surface area contributed by atoms with Crippen molar-refractivity contribution in [1.82, 2.24) is 30.2 Å². The van der Waals surface area contributed by atoms with E-state index in [0.29, 0.717) is 27.9 Å². The number of carbonyl (C=O) groups is 2. The normalized spacial score (nSPS) is 11.8. The van der Waals surface area contributed by atoms with E-state index in [9.17, 15) is 22.8 Å². The SMILES string of the molecule is CNC(=O)c1cc(-c2cccnc2[C@H](Cc2cc(F)cc(F)c2)NC(=O)Cn2ccc3cnc(N)nc32)ccc1F. The number of nitrogens with zero attached hydrogens (tertiary/aromatic N) is 4. The van der Waals surface area contributed by atoms with Gasteiger partial charge in [0.25, 0.3) is 5.91 Å². The number of nitrogens with one attached hydrogen (secondary N) is 2. The van der Waals surface area contributed by atoms with Crippen molar-refractivity contribution in [3.05, 3.63) is 107 Å². The van der Waals surface area contributed by atoms with Gasteiger partial charge < -0.3 is 20.9 Å². The van der Waals surface area contributed by atoms with Crippen molar-refractivity contribution in [2.24, 2.45) is 0 Å². The lowest BCUT2D eigenvalue weighted by Crippen LogP contribution is -2.33. The number of rotatable bonds is 8. The average molecular weight is 560 g/mol. The van der Waals surface area contributed by atoms with Gasteiger partial charge in [-0.3, -0.25) is 14.6 Å². The fraction of sp³-hybridized carbons (Fsp3) is 0.138. The van der Waals surface area contributed by atoms with Crippen LogP contribution in [-0.4, -0.2) is 38.4 Å². The first-order valence-corrected chi connectivity index (χ1v) is 12.5. The lowest BCUT2D eigenvalue weighted by Gasteiger charge is -2.22. The summed E-state index contributed by atoms with van der Waals surface area (Å²) in [6.45, 7) is -0.145. The van der Waals surface area contributed by atoms with E-state index in [2.05, 4.69) is 25.6 Å². The highest BCUT2D eigenvalue weighted by atomic mass is 19.1. The number of aromatic nitrogens is 4. The fourth-order valence-electron chi connectivity index (χ4n) is 4.63. The quantitative estimate of drug-likeness (QED) is 0.264. The highest BCUT2D eigenvalue weighted by Crippen LogP contribution is 2.30. The molecule has 0 bridgehead atoms. The van der Waals surface area contributed by atoms with E-state index in [1.54, 1.807) is 35.2 Å². The Balaban J connectivity index is 1.53. The monoisotopic (exact) mass is 559 g/mol. The third kappa shape index (κ3) is 6.01. The van der Waals surface area contributed by atoms with Crippen molar-refractivity contribution < 1.29 is 22.8 Å². The molecular formula is C29H24F3N7O2. The Hall–Kier alpha value is -5.26. The molecule has 0 radical (unpaired) electrons. The van der Waals surface area contributed by atoms with Crippen LogP contribution in [0.5, 0.6) is 0 Å². The molecule has 5 rings (SSSR count). The maximum atomic E-state index is 14.4. The van der Waals surface area contributed by atoms with Crippen LogP contribution in [0, 0.1) is 17.5 Å². The Bertz CT molecular complexity index is 1750. The summed E-state index contributed by atoms with van der Waals surface area (Å²) in [6, 6.07) is 11.4. The standard InChI is InChI=1S/C29H24F3N7O2/c1-34-28(41)22-12-17(4-5-23(22)32)21-3-2-7-35-26(21)24(11-16-9-19(30)13-20(31)10-16)37-25(40)15-39-8-6-18-14-36-29(33)38-27(18)39/h2-10,12-14,24H,11,15H2,1H3,(H,34,41)(H,37,40)(H2,33,36,38)/t24-/m0/s1. The van der Waals surface area contributed by atoms with E-state index in [1.807, 2.05) is 0 Å². The highest BCUT2D eigenvalue weighted by molar-refractivity contribution is 5.95. The van der Waals surface area contributed by atoms with Crippen LogP contribution in [0.25, 0.3) is 22.2 Å². The molecule has 0 aliphatic heterocycles. The summed E-state index contributed by atoms with van der Waals surface area (Å²) in [6.07, 6.45) is 4.70. The summed E-state index contributed by atoms with van der Waals surface area (Å²) in [7, 11) is 1.39. The van der Waals surface area contributed by atoms with Gasteiger partial charge in [-0.15, -0.1) is 0 Å². The van der Waals surface area contributed by atoms with Crippen molar-refractivity contribution >= 4 is 28.8 Å². The minimum atomic E-state index is -0.866. The molecule has 0 fully saturated rings. The number of hydrogen-bond donors (Lipinski definition) is 3. The molecular weight excluding hydrogens is 535 g/mol. The van der Waals surface area contributed by atoms with E-state index in [1.165, 1.54) is 37.5 Å². The molecule has 1 atom stereocenters. The van der Waals surface area contributed by atoms with Gasteiger partial charge in [-0.05, 0) is 53.9 Å². The van der Waals surface area contributed by atoms with Crippen molar-refractivity contribution in [2.45, 2.75) is 19.0 Å². The van der Waals surface area contributed by atoms with Gasteiger partial charge >= 0.3 is 0 Å². The Morgan fingerprint density at radius 2 is 1.80 bits per heavy atom. The molecule has 9 nitrogen and oxygen atoms in total. The average Bonchev–Trinajstić information content (AvgIpc) is 3.33. The highest BCUT2D eigenvalue weighted by Gasteiger charge is 2.23. The van der Waals surface area contributed by atoms with Crippen LogP contribution < -0.4 is 16.4 Å². The summed E-state index contributed by atoms with van der Waals surface area (Å²) in [5, 5.41) is 6.00. The Kier molecular flexibility index (Phi) is 7.64. The minimum absolute atomic E-state index is 0.0184. The van der Waals surface area contributed by atoms with Crippen molar-refractivity contribution in [1.29, 1.82) is 0 Å². The number of halogens is 3. The van der Waals surface area contributed by atoms with E-state index in [-0.39, 0.29) is 30.0 Å². The lowest BCUT2D eigenvalue weighted by atomic mass is 9.94. The number of hydrogen-bond acceptors (Lipinski definition) is 6. The van der Waals surface area contributed by atoms with E-state index >= 15 is 0 Å². The Morgan fingerprint density at radius 1 is 1.02 bits per heavy atom. The van der Waals surface area contributed by atoms with Crippen molar-refractivity contribution in [3.63, 3.8) is 0 Å². The first-order chi connectivity index (χ1) is 19.7. The van der Waals surface area contributed by atoms with Gasteiger partial charge in [0.15, 0.2) is 0 Å². The maximum Gasteiger partial charge on any atom is 0.254 e. The number of nitrogen functional groups attached to an aromatic ring is 1. The topological polar surface area (TPSA) is 128 Å². The molecule has 4 N–H and O–H groups in total. The Labute approximate surface area is 232 Å². The molecule has 12 heteroatoms. The summed E-state index contributed by atoms with van der Waals surface area (Å²) in [5.74, 6) is -3.24. The van der Waals surface area contributed by atoms with Gasteiger partial charge in [0.2, 0.25) is 11.9 Å². The maximum absolute atomic E-state index is 14.4. The van der Waals surface area contributed by atoms with Gasteiger partial charge in [0, 0.05) is 42.7 Å². The second kappa shape index (κ2) is 11.5. The van der Waals surface area contributed by atoms with Crippen molar-refractivity contribution in [3.8, 4) is 11.1 Å². The third-order valence-corrected chi connectivity index (χ3v) is 6.45. The number of anilines is 1. The molecule has 41 heavy (non-hydrogen) atoms. The zero-order valence-corrected chi connectivity index (χ0v) is 21.7. The molecule has 0 aliphatic rings. The van der Waals surface area contributed by atoms with E-state index in [4.69, 9.17) is 5.73 Å². The second-order valence-electron chi connectivity index (χ2n) is 9.26. The van der Waals surface area contributed by atoms with Gasteiger partial charge in [-0.25, -0.2) is 18.2 Å². The molecule has 5 aromatic rings. The number of carbonyl (C=O) groups excluding carboxylic acids is 2. The van der Waals surface area contributed by atoms with Crippen LogP contribution in [0.2, 0.25) is 0 Å². The second-order valence-corrected chi connectivity index (χ2v) is 9.26. The summed E-state index contributed by atoms with van der Waals surface area (Å²) >= 11 is 0. The summed E-state index contributed by atoms with van der Waals surface area (Å²) in [5.41, 5.74) is 7.59. The number of nitrogens with two attached hydrogens (primary N) is 1. The summed E-state index contributed by atoms with van der Waals surface area (Å²) in [4.78, 5) is 38.2. The molecule has 2 amide bonds. The molecule has 2 aromatic carbocycles. The first kappa shape index (κ1) is 27.3. The predicted molar refractivity (Wildman–Crippen MR) is 146 cm³/mol. The largest absolute Gasteiger partial charge is 0.368 e. The zero-order chi connectivity index (χ0) is 29.1.